The number of carbonyl (C=O) groups is 4. The number of hydrazine groups is 1. The van der Waals surface area contributed by atoms with Crippen LogP contribution in [-0.2, 0) is 9.59 Å². The van der Waals surface area contributed by atoms with E-state index in [4.69, 9.17) is 0 Å². The van der Waals surface area contributed by atoms with Crippen molar-refractivity contribution in [1.82, 2.24) is 10.0 Å². The Bertz CT molecular complexity index is 1310. The van der Waals surface area contributed by atoms with Crippen LogP contribution in [0.1, 0.15) is 33.6 Å². The Balaban J connectivity index is 1.76. The maximum absolute atomic E-state index is 13.6. The van der Waals surface area contributed by atoms with Crippen LogP contribution >= 0.6 is 31.9 Å². The van der Waals surface area contributed by atoms with Gasteiger partial charge in [-0.15, -0.1) is 0 Å². The molecule has 0 aromatic heterocycles. The van der Waals surface area contributed by atoms with Gasteiger partial charge >= 0.3 is 0 Å². The van der Waals surface area contributed by atoms with E-state index in [1.54, 1.807) is 0 Å². The van der Waals surface area contributed by atoms with E-state index in [1.165, 1.54) is 30.3 Å². The lowest BCUT2D eigenvalue weighted by Gasteiger charge is -2.30. The zero-order valence-corrected chi connectivity index (χ0v) is 22.0. The molecule has 14 heteroatoms. The number of halogens is 2. The van der Waals surface area contributed by atoms with E-state index in [2.05, 4.69) is 31.9 Å². The van der Waals surface area contributed by atoms with Crippen LogP contribution < -0.4 is 0 Å². The maximum Gasteiger partial charge on any atom is 0.282 e. The number of benzene rings is 2. The Morgan fingerprint density at radius 3 is 2.08 bits per heavy atom. The van der Waals surface area contributed by atoms with Crippen molar-refractivity contribution in [3.8, 4) is 0 Å². The molecule has 0 unspecified atom stereocenters. The van der Waals surface area contributed by atoms with Crippen LogP contribution in [0.5, 0.6) is 0 Å². The number of alkyl halides is 2. The highest BCUT2D eigenvalue weighted by Gasteiger charge is 2.55. The molecular weight excluding hydrogens is 620 g/mol. The highest BCUT2D eigenvalue weighted by molar-refractivity contribution is 9.12. The number of hydrogen-bond acceptors (Lipinski definition) is 8. The molecule has 4 rings (SSSR count). The van der Waals surface area contributed by atoms with Crippen molar-refractivity contribution < 1.29 is 29.0 Å². The number of para-hydroxylation sites is 1. The maximum atomic E-state index is 13.6. The van der Waals surface area contributed by atoms with Crippen molar-refractivity contribution in [1.29, 1.82) is 0 Å². The smallest absolute Gasteiger partial charge is 0.282 e. The monoisotopic (exact) mass is 636 g/mol. The number of ketones is 1. The van der Waals surface area contributed by atoms with Crippen LogP contribution in [0.3, 0.4) is 0 Å². The summed E-state index contributed by atoms with van der Waals surface area (Å²) in [5.74, 6) is -4.80. The van der Waals surface area contributed by atoms with Crippen molar-refractivity contribution in [3.05, 3.63) is 79.9 Å². The first-order valence-electron chi connectivity index (χ1n) is 11.0. The van der Waals surface area contributed by atoms with Crippen molar-refractivity contribution in [2.24, 2.45) is 11.8 Å². The third-order valence-electron chi connectivity index (χ3n) is 6.37. The van der Waals surface area contributed by atoms with Crippen molar-refractivity contribution >= 4 is 66.7 Å². The molecule has 1 saturated carbocycles. The number of amides is 3. The molecule has 192 valence electrons. The molecule has 4 atom stereocenters. The zero-order chi connectivity index (χ0) is 27.0. The minimum Gasteiger partial charge on any atom is -0.292 e. The number of nitro groups is 2. The summed E-state index contributed by atoms with van der Waals surface area (Å²) in [6.45, 7) is -0.849. The fraction of sp³-hybridized carbons (Fsp3) is 0.304. The highest BCUT2D eigenvalue weighted by Crippen LogP contribution is 2.44. The standard InChI is InChI=1S/C23H18Br2N4O8/c24-17-9-15-16(10-18(17)25)23(33)27(22(15)32)26(21(31)14-6-1-2-7-19(14)29(36)37)11-20(30)12-4-3-5-13(8-12)28(34)35/h1-8,15-18H,9-11H2/t15-,16-,17+,18+/m1/s1. The lowest BCUT2D eigenvalue weighted by Crippen LogP contribution is -2.52. The third kappa shape index (κ3) is 5.03. The van der Waals surface area contributed by atoms with E-state index in [1.807, 2.05) is 0 Å². The number of rotatable bonds is 7. The van der Waals surface area contributed by atoms with Gasteiger partial charge in [-0.25, -0.2) is 5.01 Å². The van der Waals surface area contributed by atoms with E-state index >= 15 is 0 Å². The summed E-state index contributed by atoms with van der Waals surface area (Å²) in [4.78, 5) is 74.6. The number of Topliss-reactive ketones (excluding diaryl/α,β-unsaturated/α-hetero) is 1. The fourth-order valence-electron chi connectivity index (χ4n) is 4.52. The minimum absolute atomic E-state index is 0.115. The van der Waals surface area contributed by atoms with Gasteiger partial charge in [-0.1, -0.05) is 56.1 Å². The molecule has 2 aliphatic rings. The Kier molecular flexibility index (Phi) is 7.50. The summed E-state index contributed by atoms with van der Waals surface area (Å²) in [5, 5.41) is 23.9. The van der Waals surface area contributed by atoms with Crippen molar-refractivity contribution in [3.63, 3.8) is 0 Å². The van der Waals surface area contributed by atoms with Gasteiger partial charge in [0.2, 0.25) is 0 Å². The summed E-state index contributed by atoms with van der Waals surface area (Å²) in [6.07, 6.45) is 0.599. The number of non-ortho nitro benzene ring substituents is 1. The average Bonchev–Trinajstić information content (AvgIpc) is 3.11. The fourth-order valence-corrected chi connectivity index (χ4v) is 5.76. The number of imide groups is 1. The molecule has 12 nitrogen and oxygen atoms in total. The van der Waals surface area contributed by atoms with Gasteiger partial charge in [0.25, 0.3) is 29.1 Å². The zero-order valence-electron chi connectivity index (χ0n) is 18.9. The first-order valence-corrected chi connectivity index (χ1v) is 12.8. The second-order valence-electron chi connectivity index (χ2n) is 8.57. The van der Waals surface area contributed by atoms with E-state index in [9.17, 15) is 39.4 Å². The summed E-state index contributed by atoms with van der Waals surface area (Å²) >= 11 is 6.96. The molecule has 1 saturated heterocycles. The lowest BCUT2D eigenvalue weighted by molar-refractivity contribution is -0.385. The average molecular weight is 638 g/mol. The van der Waals surface area contributed by atoms with Gasteiger partial charge in [0.15, 0.2) is 5.78 Å². The minimum atomic E-state index is -1.10. The summed E-state index contributed by atoms with van der Waals surface area (Å²) < 4.78 is 0. The molecular formula is C23H18Br2N4O8. The van der Waals surface area contributed by atoms with Gasteiger partial charge in [0.05, 0.1) is 21.7 Å². The molecule has 0 radical (unpaired) electrons. The van der Waals surface area contributed by atoms with Gasteiger partial charge < -0.3 is 0 Å². The predicted octanol–water partition coefficient (Wildman–Crippen LogP) is 3.67. The number of nitrogens with zero attached hydrogens (tertiary/aromatic N) is 4. The molecule has 1 aliphatic carbocycles. The van der Waals surface area contributed by atoms with Gasteiger partial charge in [-0.3, -0.25) is 39.4 Å². The number of carbonyl (C=O) groups excluding carboxylic acids is 4. The second kappa shape index (κ2) is 10.5. The summed E-state index contributed by atoms with van der Waals surface area (Å²) in [7, 11) is 0. The van der Waals surface area contributed by atoms with E-state index in [0.29, 0.717) is 22.9 Å². The molecule has 37 heavy (non-hydrogen) atoms. The Hall–Kier alpha value is -3.52. The van der Waals surface area contributed by atoms with Gasteiger partial charge in [-0.2, -0.15) is 5.01 Å². The van der Waals surface area contributed by atoms with Crippen LogP contribution in [-0.4, -0.2) is 59.6 Å². The van der Waals surface area contributed by atoms with Crippen molar-refractivity contribution in [2.75, 3.05) is 6.54 Å². The van der Waals surface area contributed by atoms with Gasteiger partial charge in [0.1, 0.15) is 12.1 Å². The molecule has 2 fully saturated rings. The largest absolute Gasteiger partial charge is 0.292 e. The van der Waals surface area contributed by atoms with Crippen LogP contribution in [0, 0.1) is 32.1 Å². The normalized spacial score (nSPS) is 22.9. The molecule has 0 spiro atoms. The molecule has 0 bridgehead atoms. The number of hydrogen-bond donors (Lipinski definition) is 0. The Morgan fingerprint density at radius 1 is 0.919 bits per heavy atom. The Labute approximate surface area is 226 Å². The molecule has 3 amide bonds. The molecule has 1 heterocycles. The van der Waals surface area contributed by atoms with E-state index < -0.39 is 63.0 Å². The van der Waals surface area contributed by atoms with Crippen LogP contribution in [0.25, 0.3) is 0 Å². The molecule has 2 aromatic carbocycles. The lowest BCUT2D eigenvalue weighted by atomic mass is 9.81. The summed E-state index contributed by atoms with van der Waals surface area (Å²) in [6, 6.07) is 9.73. The van der Waals surface area contributed by atoms with Crippen LogP contribution in [0.2, 0.25) is 0 Å². The van der Waals surface area contributed by atoms with E-state index in [0.717, 1.165) is 18.2 Å². The van der Waals surface area contributed by atoms with Crippen LogP contribution in [0.15, 0.2) is 48.5 Å². The number of nitro benzene ring substituents is 2. The first kappa shape index (κ1) is 26.5. The molecule has 1 aliphatic heterocycles. The Morgan fingerprint density at radius 2 is 1.51 bits per heavy atom. The van der Waals surface area contributed by atoms with Gasteiger partial charge in [0, 0.05) is 33.4 Å². The van der Waals surface area contributed by atoms with Crippen molar-refractivity contribution in [2.45, 2.75) is 22.5 Å². The van der Waals surface area contributed by atoms with Crippen LogP contribution in [0.4, 0.5) is 11.4 Å². The first-order chi connectivity index (χ1) is 17.5. The summed E-state index contributed by atoms with van der Waals surface area (Å²) in [5.41, 5.74) is -1.50. The molecule has 0 N–H and O–H groups in total. The third-order valence-corrected chi connectivity index (χ3v) is 9.10. The topological polar surface area (TPSA) is 161 Å². The SMILES string of the molecule is O=C(CN(C(=O)c1ccccc1[N+](=O)[O-])N1C(=O)[C@@H]2C[C@H](Br)[C@@H](Br)C[C@H]2C1=O)c1cccc([N+](=O)[O-])c1. The highest BCUT2D eigenvalue weighted by atomic mass is 79.9. The predicted molar refractivity (Wildman–Crippen MR) is 135 cm³/mol. The molecule has 2 aromatic rings. The van der Waals surface area contributed by atoms with Gasteiger partial charge in [-0.05, 0) is 18.9 Å². The quantitative estimate of drug-likeness (QED) is 0.146. The second-order valence-corrected chi connectivity index (χ2v) is 10.9. The number of fused-ring (bicyclic) bond motifs is 1. The van der Waals surface area contributed by atoms with E-state index in [-0.39, 0.29) is 20.9 Å².